The number of rotatable bonds is 9. The second-order valence-electron chi connectivity index (χ2n) is 7.51. The third-order valence-electron chi connectivity index (χ3n) is 4.38. The summed E-state index contributed by atoms with van der Waals surface area (Å²) in [6.07, 6.45) is 0.886. The molecule has 0 saturated carbocycles. The molecule has 0 aromatic heterocycles. The van der Waals surface area contributed by atoms with Crippen LogP contribution in [0.15, 0.2) is 35.6 Å². The molecule has 148 valence electrons. The number of hydrogen-bond acceptors (Lipinski definition) is 4. The summed E-state index contributed by atoms with van der Waals surface area (Å²) in [5.41, 5.74) is 0.704. The molecule has 0 aliphatic carbocycles. The molecule has 27 heavy (non-hydrogen) atoms. The Morgan fingerprint density at radius 3 is 2.41 bits per heavy atom. The molecular formula is C21H28FNO4. The van der Waals surface area contributed by atoms with Gasteiger partial charge in [-0.3, -0.25) is 9.59 Å². The highest BCUT2D eigenvalue weighted by Gasteiger charge is 2.43. The van der Waals surface area contributed by atoms with E-state index in [0.29, 0.717) is 25.1 Å². The third-order valence-corrected chi connectivity index (χ3v) is 4.38. The first kappa shape index (κ1) is 21.1. The number of nitrogens with zero attached hydrogens (tertiary/aromatic N) is 1. The van der Waals surface area contributed by atoms with E-state index in [-0.39, 0.29) is 29.8 Å². The Labute approximate surface area is 159 Å². The van der Waals surface area contributed by atoms with Crippen LogP contribution in [0.2, 0.25) is 0 Å². The fourth-order valence-corrected chi connectivity index (χ4v) is 3.20. The zero-order valence-electron chi connectivity index (χ0n) is 16.4. The lowest BCUT2D eigenvalue weighted by Crippen LogP contribution is -2.32. The van der Waals surface area contributed by atoms with Crippen molar-refractivity contribution in [3.05, 3.63) is 47.0 Å². The lowest BCUT2D eigenvalue weighted by atomic mass is 9.92. The zero-order chi connectivity index (χ0) is 20.1. The van der Waals surface area contributed by atoms with E-state index < -0.39 is 23.5 Å². The highest BCUT2D eigenvalue weighted by Crippen LogP contribution is 2.38. The zero-order valence-corrected chi connectivity index (χ0v) is 16.4. The minimum Gasteiger partial charge on any atom is -0.503 e. The van der Waals surface area contributed by atoms with E-state index in [4.69, 9.17) is 4.74 Å². The quantitative estimate of drug-likeness (QED) is 0.662. The van der Waals surface area contributed by atoms with Gasteiger partial charge in [-0.15, -0.1) is 0 Å². The van der Waals surface area contributed by atoms with Crippen LogP contribution in [0.25, 0.3) is 0 Å². The summed E-state index contributed by atoms with van der Waals surface area (Å²) in [6.45, 7) is 8.46. The van der Waals surface area contributed by atoms with Crippen molar-refractivity contribution in [2.24, 2.45) is 5.92 Å². The van der Waals surface area contributed by atoms with E-state index in [2.05, 4.69) is 0 Å². The van der Waals surface area contributed by atoms with E-state index in [1.165, 1.54) is 17.0 Å². The van der Waals surface area contributed by atoms with Gasteiger partial charge in [-0.2, -0.15) is 0 Å². The van der Waals surface area contributed by atoms with Gasteiger partial charge in [-0.1, -0.05) is 26.0 Å². The molecule has 0 radical (unpaired) electrons. The van der Waals surface area contributed by atoms with Gasteiger partial charge in [0.1, 0.15) is 5.82 Å². The number of aliphatic hydroxyl groups excluding tert-OH is 1. The van der Waals surface area contributed by atoms with Gasteiger partial charge in [-0.25, -0.2) is 4.39 Å². The van der Waals surface area contributed by atoms with E-state index in [0.717, 1.165) is 0 Å². The molecule has 5 nitrogen and oxygen atoms in total. The molecule has 1 aromatic carbocycles. The number of benzene rings is 1. The number of amides is 1. The standard InChI is InChI=1S/C21H28FNO4/c1-13(2)12-17(24)18-19(15-6-8-16(22)9-7-15)23(21(26)20(18)25)10-5-11-27-14(3)4/h6-9,13-14,19,25H,5,10-12H2,1-4H3. The van der Waals surface area contributed by atoms with Crippen molar-refractivity contribution in [1.29, 1.82) is 0 Å². The monoisotopic (exact) mass is 377 g/mol. The van der Waals surface area contributed by atoms with Crippen LogP contribution in [0.5, 0.6) is 0 Å². The molecule has 1 aromatic rings. The Bertz CT molecular complexity index is 709. The SMILES string of the molecule is CC(C)CC(=O)C1=C(O)C(=O)N(CCCOC(C)C)C1c1ccc(F)cc1. The van der Waals surface area contributed by atoms with Gasteiger partial charge < -0.3 is 14.7 Å². The van der Waals surface area contributed by atoms with Crippen LogP contribution in [0.4, 0.5) is 4.39 Å². The topological polar surface area (TPSA) is 66.8 Å². The van der Waals surface area contributed by atoms with Crippen LogP contribution < -0.4 is 0 Å². The molecule has 0 spiro atoms. The average Bonchev–Trinajstić information content (AvgIpc) is 2.83. The molecule has 0 saturated heterocycles. The second kappa shape index (κ2) is 9.13. The molecule has 1 amide bonds. The van der Waals surface area contributed by atoms with Gasteiger partial charge in [0.15, 0.2) is 11.5 Å². The Morgan fingerprint density at radius 1 is 1.22 bits per heavy atom. The Kier molecular flexibility index (Phi) is 7.13. The van der Waals surface area contributed by atoms with Crippen LogP contribution in [-0.4, -0.2) is 41.0 Å². The normalized spacial score (nSPS) is 17.5. The fourth-order valence-electron chi connectivity index (χ4n) is 3.20. The first-order chi connectivity index (χ1) is 12.7. The number of ether oxygens (including phenoxy) is 1. The van der Waals surface area contributed by atoms with Gasteiger partial charge in [0.05, 0.1) is 17.7 Å². The summed E-state index contributed by atoms with van der Waals surface area (Å²) in [6, 6.07) is 4.97. The number of ketones is 1. The van der Waals surface area contributed by atoms with Gasteiger partial charge in [0, 0.05) is 19.6 Å². The van der Waals surface area contributed by atoms with Gasteiger partial charge in [0.2, 0.25) is 0 Å². The lowest BCUT2D eigenvalue weighted by Gasteiger charge is -2.27. The summed E-state index contributed by atoms with van der Waals surface area (Å²) in [7, 11) is 0. The van der Waals surface area contributed by atoms with Crippen LogP contribution >= 0.6 is 0 Å². The van der Waals surface area contributed by atoms with Gasteiger partial charge >= 0.3 is 0 Å². The van der Waals surface area contributed by atoms with Crippen LogP contribution in [0, 0.1) is 11.7 Å². The Hall–Kier alpha value is -2.21. The number of Topliss-reactive ketones (excluding diaryl/α,β-unsaturated/α-hetero) is 1. The number of carbonyl (C=O) groups is 2. The van der Waals surface area contributed by atoms with E-state index in [1.807, 2.05) is 27.7 Å². The van der Waals surface area contributed by atoms with Crippen molar-refractivity contribution in [2.45, 2.75) is 52.7 Å². The maximum atomic E-state index is 13.4. The molecule has 1 atom stereocenters. The summed E-state index contributed by atoms with van der Waals surface area (Å²) in [5, 5.41) is 10.4. The number of hydrogen-bond donors (Lipinski definition) is 1. The molecular weight excluding hydrogens is 349 g/mol. The Balaban J connectivity index is 2.31. The predicted octanol–water partition coefficient (Wildman–Crippen LogP) is 3.95. The van der Waals surface area contributed by atoms with Crippen LogP contribution in [0.3, 0.4) is 0 Å². The van der Waals surface area contributed by atoms with Crippen molar-refractivity contribution in [3.63, 3.8) is 0 Å². The summed E-state index contributed by atoms with van der Waals surface area (Å²) < 4.78 is 18.9. The summed E-state index contributed by atoms with van der Waals surface area (Å²) >= 11 is 0. The smallest absolute Gasteiger partial charge is 0.290 e. The molecule has 1 unspecified atom stereocenters. The van der Waals surface area contributed by atoms with Crippen molar-refractivity contribution < 1.29 is 23.8 Å². The molecule has 6 heteroatoms. The van der Waals surface area contributed by atoms with Crippen LogP contribution in [0.1, 0.15) is 52.1 Å². The van der Waals surface area contributed by atoms with E-state index >= 15 is 0 Å². The van der Waals surface area contributed by atoms with Crippen molar-refractivity contribution in [1.82, 2.24) is 4.90 Å². The highest BCUT2D eigenvalue weighted by atomic mass is 19.1. The second-order valence-corrected chi connectivity index (χ2v) is 7.51. The fraction of sp³-hybridized carbons (Fsp3) is 0.524. The maximum absolute atomic E-state index is 13.4. The molecule has 2 rings (SSSR count). The largest absolute Gasteiger partial charge is 0.503 e. The minimum absolute atomic E-state index is 0.0851. The summed E-state index contributed by atoms with van der Waals surface area (Å²) in [5.74, 6) is -1.63. The van der Waals surface area contributed by atoms with E-state index in [9.17, 15) is 19.1 Å². The number of aliphatic hydroxyl groups is 1. The van der Waals surface area contributed by atoms with Gasteiger partial charge in [-0.05, 0) is 43.9 Å². The maximum Gasteiger partial charge on any atom is 0.290 e. The van der Waals surface area contributed by atoms with Crippen LogP contribution in [-0.2, 0) is 14.3 Å². The molecule has 1 N–H and O–H groups in total. The Morgan fingerprint density at radius 2 is 1.85 bits per heavy atom. The van der Waals surface area contributed by atoms with Gasteiger partial charge in [0.25, 0.3) is 5.91 Å². The first-order valence-corrected chi connectivity index (χ1v) is 9.36. The average molecular weight is 377 g/mol. The molecule has 0 bridgehead atoms. The summed E-state index contributed by atoms with van der Waals surface area (Å²) in [4.78, 5) is 26.8. The lowest BCUT2D eigenvalue weighted by molar-refractivity contribution is -0.129. The van der Waals surface area contributed by atoms with Crippen molar-refractivity contribution >= 4 is 11.7 Å². The molecule has 1 aliphatic rings. The third kappa shape index (κ3) is 5.16. The molecule has 0 fully saturated rings. The molecule has 1 heterocycles. The minimum atomic E-state index is -0.705. The number of halogens is 1. The molecule has 1 aliphatic heterocycles. The first-order valence-electron chi connectivity index (χ1n) is 9.36. The van der Waals surface area contributed by atoms with E-state index in [1.54, 1.807) is 12.1 Å². The van der Waals surface area contributed by atoms with Crippen molar-refractivity contribution in [3.8, 4) is 0 Å². The predicted molar refractivity (Wildman–Crippen MR) is 101 cm³/mol. The van der Waals surface area contributed by atoms with Crippen molar-refractivity contribution in [2.75, 3.05) is 13.2 Å². The number of carbonyl (C=O) groups excluding carboxylic acids is 2. The highest BCUT2D eigenvalue weighted by molar-refractivity contribution is 6.09.